The summed E-state index contributed by atoms with van der Waals surface area (Å²) in [7, 11) is 0. The number of unbranched alkanes of at least 4 members (excludes halogenated alkanes) is 2. The van der Waals surface area contributed by atoms with Crippen LogP contribution in [0.5, 0.6) is 5.75 Å². The van der Waals surface area contributed by atoms with E-state index in [9.17, 15) is 14.0 Å². The quantitative estimate of drug-likeness (QED) is 0.116. The molecule has 12 heteroatoms. The molecule has 1 aliphatic rings. The summed E-state index contributed by atoms with van der Waals surface area (Å²) in [6.45, 7) is 1.06. The van der Waals surface area contributed by atoms with Crippen LogP contribution >= 0.6 is 11.6 Å². The van der Waals surface area contributed by atoms with Gasteiger partial charge in [0.25, 0.3) is 5.91 Å². The molecule has 2 amide bonds. The van der Waals surface area contributed by atoms with Crippen LogP contribution in [0.2, 0.25) is 5.02 Å². The summed E-state index contributed by atoms with van der Waals surface area (Å²) in [6.07, 6.45) is 6.98. The van der Waals surface area contributed by atoms with Crippen LogP contribution in [0, 0.1) is 5.82 Å². The maximum absolute atomic E-state index is 13.6. The molecule has 0 radical (unpaired) electrons. The zero-order valence-electron chi connectivity index (χ0n) is 20.4. The summed E-state index contributed by atoms with van der Waals surface area (Å²) >= 11 is 5.92. The zero-order chi connectivity index (χ0) is 26.9. The van der Waals surface area contributed by atoms with E-state index in [4.69, 9.17) is 26.3 Å². The number of nitrogens with one attached hydrogen (secondary N) is 3. The number of hydroxylamine groups is 1. The van der Waals surface area contributed by atoms with Gasteiger partial charge < -0.3 is 20.1 Å². The largest absolute Gasteiger partial charge is 0.486 e. The number of anilines is 3. The van der Waals surface area contributed by atoms with Crippen molar-refractivity contribution in [2.24, 2.45) is 0 Å². The lowest BCUT2D eigenvalue weighted by molar-refractivity contribution is -0.124. The van der Waals surface area contributed by atoms with Crippen molar-refractivity contribution in [1.82, 2.24) is 15.4 Å². The van der Waals surface area contributed by atoms with Gasteiger partial charge in [-0.1, -0.05) is 17.7 Å². The lowest BCUT2D eigenvalue weighted by Gasteiger charge is -2.18. The van der Waals surface area contributed by atoms with Crippen molar-refractivity contribution in [2.45, 2.75) is 38.2 Å². The third kappa shape index (κ3) is 7.37. The number of allylic oxidation sites excluding steroid dienone is 1. The minimum absolute atomic E-state index is 0.0251. The fraction of sp³-hybridized carbons (Fsp3) is 0.308. The molecule has 0 bridgehead atoms. The molecular weight excluding hydrogens is 517 g/mol. The van der Waals surface area contributed by atoms with Gasteiger partial charge in [-0.15, -0.1) is 0 Å². The number of hydrogen-bond acceptors (Lipinski definition) is 8. The standard InChI is InChI=1S/C26H27ClFN5O5/c27-19-11-16(7-8-20(19)28)31-26-18-12-22(32-24(34)5-3-1-2-4-6-25(35)33-36)23(13-21(18)29-15-30-26)38-17-9-10-37-14-17/h4,6-8,11-13,15,17,36H,1-3,5,9-10,14H2,(H,32,34)(H,33,35)(H,29,30,31)/b6-4+/t17-/m1/s1. The normalized spacial score (nSPS) is 15.1. The first-order chi connectivity index (χ1) is 18.4. The number of nitrogens with zero attached hydrogens (tertiary/aromatic N) is 2. The van der Waals surface area contributed by atoms with E-state index in [1.54, 1.807) is 24.3 Å². The maximum Gasteiger partial charge on any atom is 0.267 e. The summed E-state index contributed by atoms with van der Waals surface area (Å²) in [6, 6.07) is 7.73. The second kappa shape index (κ2) is 13.1. The van der Waals surface area contributed by atoms with E-state index >= 15 is 0 Å². The van der Waals surface area contributed by atoms with Crippen molar-refractivity contribution in [1.29, 1.82) is 0 Å². The molecule has 2 aromatic carbocycles. The molecule has 10 nitrogen and oxygen atoms in total. The van der Waals surface area contributed by atoms with Crippen molar-refractivity contribution in [3.05, 3.63) is 59.7 Å². The Bertz CT molecular complexity index is 1330. The summed E-state index contributed by atoms with van der Waals surface area (Å²) in [5.41, 5.74) is 3.11. The molecule has 0 unspecified atom stereocenters. The fourth-order valence-corrected chi connectivity index (χ4v) is 4.04. The second-order valence-corrected chi connectivity index (χ2v) is 9.02. The smallest absolute Gasteiger partial charge is 0.267 e. The Morgan fingerprint density at radius 3 is 2.87 bits per heavy atom. The highest BCUT2D eigenvalue weighted by Crippen LogP contribution is 2.35. The monoisotopic (exact) mass is 543 g/mol. The molecule has 4 N–H and O–H groups in total. The first-order valence-corrected chi connectivity index (χ1v) is 12.5. The van der Waals surface area contributed by atoms with Crippen LogP contribution in [-0.4, -0.2) is 46.3 Å². The Kier molecular flexibility index (Phi) is 9.41. The molecule has 2 heterocycles. The highest BCUT2D eigenvalue weighted by atomic mass is 35.5. The number of rotatable bonds is 11. The highest BCUT2D eigenvalue weighted by Gasteiger charge is 2.21. The Labute approximate surface area is 223 Å². The number of hydrogen-bond donors (Lipinski definition) is 4. The molecule has 1 atom stereocenters. The molecule has 3 aromatic rings. The minimum Gasteiger partial charge on any atom is -0.486 e. The second-order valence-electron chi connectivity index (χ2n) is 8.62. The lowest BCUT2D eigenvalue weighted by atomic mass is 10.1. The zero-order valence-corrected chi connectivity index (χ0v) is 21.1. The van der Waals surface area contributed by atoms with Crippen molar-refractivity contribution >= 4 is 51.5 Å². The average Bonchev–Trinajstić information content (AvgIpc) is 3.42. The van der Waals surface area contributed by atoms with Crippen LogP contribution in [0.1, 0.15) is 32.1 Å². The summed E-state index contributed by atoms with van der Waals surface area (Å²) in [4.78, 5) is 32.4. The number of benzene rings is 2. The van der Waals surface area contributed by atoms with Gasteiger partial charge in [0.2, 0.25) is 5.91 Å². The van der Waals surface area contributed by atoms with Crippen LogP contribution in [0.15, 0.2) is 48.8 Å². The molecule has 4 rings (SSSR count). The molecule has 1 aliphatic heterocycles. The van der Waals surface area contributed by atoms with Crippen LogP contribution in [0.3, 0.4) is 0 Å². The van der Waals surface area contributed by atoms with Crippen LogP contribution in [0.4, 0.5) is 21.6 Å². The van der Waals surface area contributed by atoms with Gasteiger partial charge in [-0.3, -0.25) is 14.8 Å². The van der Waals surface area contributed by atoms with E-state index in [0.717, 1.165) is 6.42 Å². The number of aromatic nitrogens is 2. The van der Waals surface area contributed by atoms with E-state index in [-0.39, 0.29) is 23.5 Å². The Morgan fingerprint density at radius 1 is 1.24 bits per heavy atom. The number of amides is 2. The van der Waals surface area contributed by atoms with Crippen molar-refractivity contribution in [2.75, 3.05) is 23.8 Å². The molecule has 0 saturated carbocycles. The van der Waals surface area contributed by atoms with E-state index in [0.29, 0.717) is 66.3 Å². The average molecular weight is 544 g/mol. The summed E-state index contributed by atoms with van der Waals surface area (Å²) in [5.74, 6) is -0.416. The molecule has 38 heavy (non-hydrogen) atoms. The summed E-state index contributed by atoms with van der Waals surface area (Å²) in [5, 5.41) is 15.1. The van der Waals surface area contributed by atoms with E-state index in [1.165, 1.54) is 30.0 Å². The van der Waals surface area contributed by atoms with Gasteiger partial charge in [0.05, 0.1) is 29.4 Å². The van der Waals surface area contributed by atoms with Crippen LogP contribution in [0.25, 0.3) is 10.9 Å². The fourth-order valence-electron chi connectivity index (χ4n) is 3.86. The Balaban J connectivity index is 1.52. The van der Waals surface area contributed by atoms with Crippen molar-refractivity contribution in [3.63, 3.8) is 0 Å². The van der Waals surface area contributed by atoms with E-state index in [2.05, 4.69) is 20.6 Å². The number of ether oxygens (including phenoxy) is 2. The number of fused-ring (bicyclic) bond motifs is 1. The molecular formula is C26H27ClFN5O5. The molecule has 1 saturated heterocycles. The van der Waals surface area contributed by atoms with Crippen molar-refractivity contribution in [3.8, 4) is 5.75 Å². The topological polar surface area (TPSA) is 135 Å². The Hall–Kier alpha value is -3.80. The lowest BCUT2D eigenvalue weighted by Crippen LogP contribution is -2.18. The van der Waals surface area contributed by atoms with Gasteiger partial charge >= 0.3 is 0 Å². The molecule has 1 fully saturated rings. The SMILES string of the molecule is O=C(/C=C/CCCCC(=O)Nc1cc2c(Nc3ccc(F)c(Cl)c3)ncnc2cc1O[C@@H]1CCOC1)NO. The number of carbonyl (C=O) groups is 2. The third-order valence-corrected chi connectivity index (χ3v) is 6.07. The molecule has 0 aliphatic carbocycles. The van der Waals surface area contributed by atoms with Gasteiger partial charge in [0, 0.05) is 36.1 Å². The van der Waals surface area contributed by atoms with Gasteiger partial charge in [-0.2, -0.15) is 0 Å². The maximum atomic E-state index is 13.6. The summed E-state index contributed by atoms with van der Waals surface area (Å²) < 4.78 is 25.2. The predicted octanol–water partition coefficient (Wildman–Crippen LogP) is 4.89. The van der Waals surface area contributed by atoms with Crippen LogP contribution < -0.4 is 20.9 Å². The first kappa shape index (κ1) is 27.2. The van der Waals surface area contributed by atoms with Gasteiger partial charge in [0.1, 0.15) is 29.8 Å². The number of halogens is 2. The third-order valence-electron chi connectivity index (χ3n) is 5.78. The van der Waals surface area contributed by atoms with E-state index in [1.807, 2.05) is 0 Å². The highest BCUT2D eigenvalue weighted by molar-refractivity contribution is 6.31. The van der Waals surface area contributed by atoms with Gasteiger partial charge in [-0.25, -0.2) is 19.8 Å². The first-order valence-electron chi connectivity index (χ1n) is 12.1. The van der Waals surface area contributed by atoms with Gasteiger partial charge in [-0.05, 0) is 43.5 Å². The molecule has 200 valence electrons. The Morgan fingerprint density at radius 2 is 2.11 bits per heavy atom. The van der Waals surface area contributed by atoms with Crippen LogP contribution in [-0.2, 0) is 14.3 Å². The molecule has 1 aromatic heterocycles. The van der Waals surface area contributed by atoms with Crippen molar-refractivity contribution < 1.29 is 28.7 Å². The molecule has 0 spiro atoms. The number of carbonyl (C=O) groups excluding carboxylic acids is 2. The minimum atomic E-state index is -0.598. The predicted molar refractivity (Wildman–Crippen MR) is 140 cm³/mol. The van der Waals surface area contributed by atoms with E-state index < -0.39 is 11.7 Å². The van der Waals surface area contributed by atoms with Gasteiger partial charge in [0.15, 0.2) is 0 Å².